The zero-order valence-corrected chi connectivity index (χ0v) is 19.2. The van der Waals surface area contributed by atoms with E-state index in [9.17, 15) is 4.79 Å². The molecule has 2 aliphatic heterocycles. The smallest absolute Gasteiger partial charge is 0.258 e. The molecule has 2 saturated heterocycles. The predicted octanol–water partition coefficient (Wildman–Crippen LogP) is 4.32. The van der Waals surface area contributed by atoms with E-state index in [0.717, 1.165) is 67.2 Å². The van der Waals surface area contributed by atoms with Gasteiger partial charge in [0.2, 0.25) is 0 Å². The maximum atomic E-state index is 13.6. The Morgan fingerprint density at radius 1 is 1.06 bits per heavy atom. The first-order valence-electron chi connectivity index (χ1n) is 11.6. The standard InChI is InChI=1S/C25H31N5O2/c1-17-9-10-19(22(14-17)32-3)25(31)29-13-5-4-8-21(29)20-15-23-26-24(28-11-6-7-12-28)18(2)16-30(23)27-20/h9-10,14-16,21H,4-8,11-13H2,1-3H3/t21-/m0/s1. The van der Waals surface area contributed by atoms with Crippen LogP contribution in [0.25, 0.3) is 5.65 Å². The molecule has 2 aromatic heterocycles. The Morgan fingerprint density at radius 2 is 1.84 bits per heavy atom. The molecule has 168 valence electrons. The van der Waals surface area contributed by atoms with Gasteiger partial charge in [-0.3, -0.25) is 4.79 Å². The minimum Gasteiger partial charge on any atom is -0.496 e. The molecule has 0 spiro atoms. The summed E-state index contributed by atoms with van der Waals surface area (Å²) in [5.41, 5.74) is 4.58. The number of anilines is 1. The van der Waals surface area contributed by atoms with Crippen LogP contribution in [0, 0.1) is 13.8 Å². The molecule has 7 heteroatoms. The van der Waals surface area contributed by atoms with Gasteiger partial charge in [0.15, 0.2) is 5.65 Å². The highest BCUT2D eigenvalue weighted by Crippen LogP contribution is 2.34. The van der Waals surface area contributed by atoms with Crippen molar-refractivity contribution in [1.82, 2.24) is 19.5 Å². The fraction of sp³-hybridized carbons (Fsp3) is 0.480. The summed E-state index contributed by atoms with van der Waals surface area (Å²) in [6.45, 7) is 6.95. The number of methoxy groups -OCH3 is 1. The van der Waals surface area contributed by atoms with Crippen LogP contribution in [-0.4, -0.2) is 52.1 Å². The molecule has 5 rings (SSSR count). The summed E-state index contributed by atoms with van der Waals surface area (Å²) in [5, 5.41) is 4.86. The average molecular weight is 434 g/mol. The molecule has 0 unspecified atom stereocenters. The van der Waals surface area contributed by atoms with E-state index >= 15 is 0 Å². The first-order chi connectivity index (χ1) is 15.5. The number of likely N-dealkylation sites (tertiary alicyclic amines) is 1. The van der Waals surface area contributed by atoms with Crippen molar-refractivity contribution in [3.8, 4) is 5.75 Å². The lowest BCUT2D eigenvalue weighted by atomic mass is 9.97. The van der Waals surface area contributed by atoms with E-state index in [1.165, 1.54) is 12.8 Å². The molecule has 3 aromatic rings. The van der Waals surface area contributed by atoms with E-state index in [1.807, 2.05) is 34.5 Å². The highest BCUT2D eigenvalue weighted by atomic mass is 16.5. The van der Waals surface area contributed by atoms with Gasteiger partial charge in [-0.1, -0.05) is 6.07 Å². The maximum absolute atomic E-state index is 13.6. The third kappa shape index (κ3) is 3.70. The molecule has 2 fully saturated rings. The Kier molecular flexibility index (Phi) is 5.49. The fourth-order valence-corrected chi connectivity index (χ4v) is 5.04. The average Bonchev–Trinajstić information content (AvgIpc) is 3.47. The molecule has 0 saturated carbocycles. The molecule has 32 heavy (non-hydrogen) atoms. The van der Waals surface area contributed by atoms with Gasteiger partial charge in [-0.15, -0.1) is 0 Å². The van der Waals surface area contributed by atoms with E-state index in [1.54, 1.807) is 7.11 Å². The molecular weight excluding hydrogens is 402 g/mol. The van der Waals surface area contributed by atoms with Gasteiger partial charge in [-0.2, -0.15) is 5.10 Å². The van der Waals surface area contributed by atoms with Crippen LogP contribution in [0.15, 0.2) is 30.5 Å². The largest absolute Gasteiger partial charge is 0.496 e. The first kappa shape index (κ1) is 20.8. The summed E-state index contributed by atoms with van der Waals surface area (Å²) < 4.78 is 7.39. The summed E-state index contributed by atoms with van der Waals surface area (Å²) in [4.78, 5) is 22.8. The molecule has 0 radical (unpaired) electrons. The van der Waals surface area contributed by atoms with Crippen LogP contribution in [-0.2, 0) is 0 Å². The summed E-state index contributed by atoms with van der Waals surface area (Å²) in [6.07, 6.45) is 7.50. The number of benzene rings is 1. The number of piperidine rings is 1. The number of carbonyl (C=O) groups excluding carboxylic acids is 1. The predicted molar refractivity (Wildman–Crippen MR) is 125 cm³/mol. The molecule has 7 nitrogen and oxygen atoms in total. The van der Waals surface area contributed by atoms with E-state index in [0.29, 0.717) is 11.3 Å². The molecule has 4 heterocycles. The highest BCUT2D eigenvalue weighted by Gasteiger charge is 2.32. The number of aryl methyl sites for hydroxylation is 2. The van der Waals surface area contributed by atoms with Crippen LogP contribution in [0.4, 0.5) is 5.82 Å². The number of hydrogen-bond acceptors (Lipinski definition) is 5. The molecule has 0 bridgehead atoms. The van der Waals surface area contributed by atoms with Crippen molar-refractivity contribution in [2.24, 2.45) is 0 Å². The summed E-state index contributed by atoms with van der Waals surface area (Å²) >= 11 is 0. The monoisotopic (exact) mass is 433 g/mol. The number of nitrogens with zero attached hydrogens (tertiary/aromatic N) is 5. The Hall–Kier alpha value is -3.09. The third-order valence-electron chi connectivity index (χ3n) is 6.72. The second-order valence-electron chi connectivity index (χ2n) is 9.03. The quantitative estimate of drug-likeness (QED) is 0.613. The maximum Gasteiger partial charge on any atom is 0.258 e. The van der Waals surface area contributed by atoms with Gasteiger partial charge in [-0.05, 0) is 63.6 Å². The second-order valence-corrected chi connectivity index (χ2v) is 9.03. The SMILES string of the molecule is COc1cc(C)ccc1C(=O)N1CCCC[C@H]1c1cc2nc(N3CCCC3)c(C)cn2n1. The number of ether oxygens (including phenoxy) is 1. The lowest BCUT2D eigenvalue weighted by molar-refractivity contribution is 0.0602. The third-order valence-corrected chi connectivity index (χ3v) is 6.72. The normalized spacial score (nSPS) is 19.0. The van der Waals surface area contributed by atoms with Gasteiger partial charge < -0.3 is 14.5 Å². The molecular formula is C25H31N5O2. The Labute approximate surface area is 189 Å². The van der Waals surface area contributed by atoms with Crippen LogP contribution < -0.4 is 9.64 Å². The van der Waals surface area contributed by atoms with Crippen molar-refractivity contribution in [3.63, 3.8) is 0 Å². The number of rotatable bonds is 4. The number of fused-ring (bicyclic) bond motifs is 1. The van der Waals surface area contributed by atoms with Crippen LogP contribution in [0.2, 0.25) is 0 Å². The van der Waals surface area contributed by atoms with Gasteiger partial charge in [-0.25, -0.2) is 9.50 Å². The second kappa shape index (κ2) is 8.45. The van der Waals surface area contributed by atoms with Crippen LogP contribution >= 0.6 is 0 Å². The van der Waals surface area contributed by atoms with Crippen molar-refractivity contribution < 1.29 is 9.53 Å². The fourth-order valence-electron chi connectivity index (χ4n) is 5.04. The molecule has 1 atom stereocenters. The molecule has 0 N–H and O–H groups in total. The topological polar surface area (TPSA) is 63.0 Å². The number of hydrogen-bond donors (Lipinski definition) is 0. The van der Waals surface area contributed by atoms with E-state index in [4.69, 9.17) is 14.8 Å². The van der Waals surface area contributed by atoms with Gasteiger partial charge in [0.25, 0.3) is 5.91 Å². The number of aromatic nitrogens is 3. The van der Waals surface area contributed by atoms with Crippen molar-refractivity contribution >= 4 is 17.4 Å². The van der Waals surface area contributed by atoms with Crippen molar-refractivity contribution in [2.45, 2.75) is 52.0 Å². The Morgan fingerprint density at radius 3 is 2.62 bits per heavy atom. The van der Waals surface area contributed by atoms with Gasteiger partial charge in [0.1, 0.15) is 11.6 Å². The molecule has 1 aromatic carbocycles. The number of carbonyl (C=O) groups is 1. The van der Waals surface area contributed by atoms with Crippen LogP contribution in [0.3, 0.4) is 0 Å². The van der Waals surface area contributed by atoms with Gasteiger partial charge in [0, 0.05) is 37.5 Å². The van der Waals surface area contributed by atoms with Crippen molar-refractivity contribution in [1.29, 1.82) is 0 Å². The van der Waals surface area contributed by atoms with Crippen molar-refractivity contribution in [2.75, 3.05) is 31.6 Å². The molecule has 2 aliphatic rings. The lowest BCUT2D eigenvalue weighted by Gasteiger charge is -2.35. The van der Waals surface area contributed by atoms with E-state index in [2.05, 4.69) is 24.1 Å². The number of amides is 1. The van der Waals surface area contributed by atoms with Crippen LogP contribution in [0.5, 0.6) is 5.75 Å². The van der Waals surface area contributed by atoms with Gasteiger partial charge in [0.05, 0.1) is 24.4 Å². The minimum absolute atomic E-state index is 0.00509. The van der Waals surface area contributed by atoms with Gasteiger partial charge >= 0.3 is 0 Å². The van der Waals surface area contributed by atoms with Crippen LogP contribution in [0.1, 0.15) is 65.3 Å². The first-order valence-corrected chi connectivity index (χ1v) is 11.6. The molecule has 0 aliphatic carbocycles. The zero-order valence-electron chi connectivity index (χ0n) is 19.2. The van der Waals surface area contributed by atoms with E-state index in [-0.39, 0.29) is 11.9 Å². The summed E-state index contributed by atoms with van der Waals surface area (Å²) in [6, 6.07) is 7.76. The minimum atomic E-state index is -0.0560. The Balaban J connectivity index is 1.49. The zero-order chi connectivity index (χ0) is 22.2. The summed E-state index contributed by atoms with van der Waals surface area (Å²) in [7, 11) is 1.62. The summed E-state index contributed by atoms with van der Waals surface area (Å²) in [5.74, 6) is 1.69. The Bertz CT molecular complexity index is 1150. The highest BCUT2D eigenvalue weighted by molar-refractivity contribution is 5.97. The van der Waals surface area contributed by atoms with E-state index < -0.39 is 0 Å². The van der Waals surface area contributed by atoms with Crippen molar-refractivity contribution in [3.05, 3.63) is 52.8 Å². The molecule has 1 amide bonds. The lowest BCUT2D eigenvalue weighted by Crippen LogP contribution is -2.38.